The van der Waals surface area contributed by atoms with Gasteiger partial charge in [-0.2, -0.15) is 0 Å². The third kappa shape index (κ3) is 3.70. The predicted octanol–water partition coefficient (Wildman–Crippen LogP) is 2.00. The number of esters is 1. The first-order valence-electron chi connectivity index (χ1n) is 7.19. The number of carbonyl (C=O) groups excluding carboxylic acids is 2. The van der Waals surface area contributed by atoms with Crippen molar-refractivity contribution in [3.05, 3.63) is 47.2 Å². The van der Waals surface area contributed by atoms with Gasteiger partial charge in [0.05, 0.1) is 0 Å². The first-order valence-corrected chi connectivity index (χ1v) is 10.1. The smallest absolute Gasteiger partial charge is 0.355 e. The minimum absolute atomic E-state index is 0.0259. The number of rotatable bonds is 5. The zero-order valence-electron chi connectivity index (χ0n) is 13.5. The Hall–Kier alpha value is -1.67. The summed E-state index contributed by atoms with van der Waals surface area (Å²) in [4.78, 5) is 24.7. The van der Waals surface area contributed by atoms with Crippen LogP contribution in [0.1, 0.15) is 19.4 Å². The SMILES string of the molecule is CC(C)=C(C(=O)OCc1ccccc1)N1C(=O)[C@@H](Br)[C@H]1S(C)(=O)=O. The Morgan fingerprint density at radius 2 is 1.83 bits per heavy atom. The van der Waals surface area contributed by atoms with Gasteiger partial charge in [-0.05, 0) is 25.0 Å². The minimum atomic E-state index is -3.56. The van der Waals surface area contributed by atoms with Crippen LogP contribution in [0.4, 0.5) is 0 Å². The Morgan fingerprint density at radius 3 is 2.33 bits per heavy atom. The molecule has 130 valence electrons. The van der Waals surface area contributed by atoms with Gasteiger partial charge in [0.25, 0.3) is 0 Å². The molecule has 0 aromatic heterocycles. The molecule has 1 aliphatic heterocycles. The summed E-state index contributed by atoms with van der Waals surface area (Å²) in [7, 11) is -3.56. The summed E-state index contributed by atoms with van der Waals surface area (Å²) in [5.41, 5.74) is 1.28. The lowest BCUT2D eigenvalue weighted by Crippen LogP contribution is -2.65. The van der Waals surface area contributed by atoms with Gasteiger partial charge in [-0.25, -0.2) is 13.2 Å². The number of alkyl halides is 1. The number of nitrogens with zero attached hydrogens (tertiary/aromatic N) is 1. The average Bonchev–Trinajstić information content (AvgIpc) is 2.51. The van der Waals surface area contributed by atoms with E-state index in [9.17, 15) is 18.0 Å². The third-order valence-corrected chi connectivity index (χ3v) is 6.14. The van der Waals surface area contributed by atoms with E-state index in [4.69, 9.17) is 4.74 Å². The number of hydrogen-bond acceptors (Lipinski definition) is 5. The van der Waals surface area contributed by atoms with Crippen LogP contribution in [0.2, 0.25) is 0 Å². The molecule has 0 spiro atoms. The standard InChI is InChI=1S/C16H18BrNO5S/c1-10(2)13(16(20)23-9-11-7-5-4-6-8-11)18-14(19)12(17)15(18)24(3,21)22/h4-8,12,15H,9H2,1-3H3/t12-,15-/m1/s1. The normalized spacial score (nSPS) is 20.3. The number of sulfone groups is 1. The number of allylic oxidation sites excluding steroid dienone is 1. The van der Waals surface area contributed by atoms with Crippen LogP contribution in [-0.2, 0) is 30.8 Å². The molecule has 1 aromatic rings. The second-order valence-electron chi connectivity index (χ2n) is 5.74. The molecule has 1 amide bonds. The van der Waals surface area contributed by atoms with E-state index in [0.717, 1.165) is 16.7 Å². The summed E-state index contributed by atoms with van der Waals surface area (Å²) in [6.45, 7) is 3.31. The van der Waals surface area contributed by atoms with Crippen molar-refractivity contribution in [1.29, 1.82) is 0 Å². The molecule has 1 aromatic carbocycles. The van der Waals surface area contributed by atoms with Crippen molar-refractivity contribution >= 4 is 37.6 Å². The molecular weight excluding hydrogens is 398 g/mol. The Bertz CT molecular complexity index is 784. The first-order chi connectivity index (χ1) is 11.1. The van der Waals surface area contributed by atoms with E-state index >= 15 is 0 Å². The van der Waals surface area contributed by atoms with Crippen molar-refractivity contribution in [2.45, 2.75) is 30.7 Å². The zero-order valence-corrected chi connectivity index (χ0v) is 15.9. The lowest BCUT2D eigenvalue weighted by Gasteiger charge is -2.43. The fourth-order valence-corrected chi connectivity index (χ4v) is 5.19. The van der Waals surface area contributed by atoms with Crippen LogP contribution in [0.25, 0.3) is 0 Å². The Labute approximate surface area is 149 Å². The van der Waals surface area contributed by atoms with Crippen LogP contribution in [0.15, 0.2) is 41.6 Å². The van der Waals surface area contributed by atoms with Crippen LogP contribution in [0, 0.1) is 0 Å². The van der Waals surface area contributed by atoms with Gasteiger partial charge in [0.1, 0.15) is 17.1 Å². The highest BCUT2D eigenvalue weighted by Gasteiger charge is 2.54. The average molecular weight is 416 g/mol. The molecule has 0 radical (unpaired) electrons. The number of β-lactam (4-membered cyclic amide) rings is 1. The van der Waals surface area contributed by atoms with Gasteiger partial charge in [-0.3, -0.25) is 9.69 Å². The van der Waals surface area contributed by atoms with Gasteiger partial charge < -0.3 is 4.74 Å². The second kappa shape index (κ2) is 7.06. The van der Waals surface area contributed by atoms with E-state index in [1.807, 2.05) is 18.2 Å². The minimum Gasteiger partial charge on any atom is -0.456 e. The highest BCUT2D eigenvalue weighted by atomic mass is 79.9. The summed E-state index contributed by atoms with van der Waals surface area (Å²) < 4.78 is 29.1. The summed E-state index contributed by atoms with van der Waals surface area (Å²) in [6.07, 6.45) is 1.03. The first kappa shape index (κ1) is 18.7. The fraction of sp³-hybridized carbons (Fsp3) is 0.375. The molecule has 8 heteroatoms. The van der Waals surface area contributed by atoms with Crippen molar-refractivity contribution in [2.24, 2.45) is 0 Å². The van der Waals surface area contributed by atoms with E-state index in [1.54, 1.807) is 26.0 Å². The van der Waals surface area contributed by atoms with Gasteiger partial charge in [-0.1, -0.05) is 46.3 Å². The van der Waals surface area contributed by atoms with Crippen LogP contribution in [0.3, 0.4) is 0 Å². The lowest BCUT2D eigenvalue weighted by molar-refractivity contribution is -0.149. The van der Waals surface area contributed by atoms with Gasteiger partial charge >= 0.3 is 5.97 Å². The van der Waals surface area contributed by atoms with Gasteiger partial charge in [0.2, 0.25) is 5.91 Å². The van der Waals surface area contributed by atoms with E-state index < -0.39 is 31.9 Å². The molecule has 2 rings (SSSR count). The van der Waals surface area contributed by atoms with E-state index in [-0.39, 0.29) is 12.3 Å². The maximum absolute atomic E-state index is 12.4. The summed E-state index contributed by atoms with van der Waals surface area (Å²) in [6, 6.07) is 9.09. The number of halogens is 1. The number of hydrogen-bond donors (Lipinski definition) is 0. The second-order valence-corrected chi connectivity index (χ2v) is 8.87. The maximum atomic E-state index is 12.4. The van der Waals surface area contributed by atoms with Crippen molar-refractivity contribution < 1.29 is 22.7 Å². The maximum Gasteiger partial charge on any atom is 0.355 e. The van der Waals surface area contributed by atoms with Gasteiger partial charge in [-0.15, -0.1) is 0 Å². The van der Waals surface area contributed by atoms with Gasteiger partial charge in [0, 0.05) is 6.26 Å². The molecule has 2 atom stereocenters. The molecule has 1 saturated heterocycles. The number of likely N-dealkylation sites (tertiary alicyclic amines) is 1. The molecule has 1 fully saturated rings. The Balaban J connectivity index is 2.22. The highest BCUT2D eigenvalue weighted by molar-refractivity contribution is 9.10. The molecule has 0 N–H and O–H groups in total. The number of carbonyl (C=O) groups is 2. The summed E-state index contributed by atoms with van der Waals surface area (Å²) in [5.74, 6) is -1.20. The van der Waals surface area contributed by atoms with Crippen molar-refractivity contribution in [1.82, 2.24) is 4.90 Å². The van der Waals surface area contributed by atoms with Crippen LogP contribution in [-0.4, -0.2) is 41.7 Å². The topological polar surface area (TPSA) is 80.8 Å². The Kier molecular flexibility index (Phi) is 5.49. The van der Waals surface area contributed by atoms with Crippen LogP contribution >= 0.6 is 15.9 Å². The molecule has 0 saturated carbocycles. The molecule has 1 heterocycles. The third-order valence-electron chi connectivity index (χ3n) is 3.54. The summed E-state index contributed by atoms with van der Waals surface area (Å²) >= 11 is 3.07. The Morgan fingerprint density at radius 1 is 1.25 bits per heavy atom. The zero-order chi connectivity index (χ0) is 18.1. The highest BCUT2D eigenvalue weighted by Crippen LogP contribution is 2.35. The molecular formula is C16H18BrNO5S. The molecule has 1 aliphatic rings. The van der Waals surface area contributed by atoms with Crippen LogP contribution in [0.5, 0.6) is 0 Å². The lowest BCUT2D eigenvalue weighted by atomic mass is 10.1. The molecule has 0 bridgehead atoms. The number of amides is 1. The van der Waals surface area contributed by atoms with Crippen molar-refractivity contribution in [2.75, 3.05) is 6.26 Å². The van der Waals surface area contributed by atoms with E-state index in [0.29, 0.717) is 5.57 Å². The van der Waals surface area contributed by atoms with Crippen molar-refractivity contribution in [3.8, 4) is 0 Å². The largest absolute Gasteiger partial charge is 0.456 e. The predicted molar refractivity (Wildman–Crippen MR) is 92.8 cm³/mol. The number of benzene rings is 1. The van der Waals surface area contributed by atoms with E-state index in [1.165, 1.54) is 0 Å². The molecule has 0 unspecified atom stereocenters. The number of ether oxygens (including phenoxy) is 1. The quantitative estimate of drug-likeness (QED) is 0.318. The van der Waals surface area contributed by atoms with Gasteiger partial charge in [0.15, 0.2) is 15.2 Å². The van der Waals surface area contributed by atoms with Crippen LogP contribution < -0.4 is 0 Å². The fourth-order valence-electron chi connectivity index (χ4n) is 2.41. The molecule has 24 heavy (non-hydrogen) atoms. The summed E-state index contributed by atoms with van der Waals surface area (Å²) in [5, 5.41) is -1.11. The van der Waals surface area contributed by atoms with Crippen molar-refractivity contribution in [3.63, 3.8) is 0 Å². The molecule has 6 nitrogen and oxygen atoms in total. The molecule has 0 aliphatic carbocycles. The van der Waals surface area contributed by atoms with E-state index in [2.05, 4.69) is 15.9 Å². The monoisotopic (exact) mass is 415 g/mol.